The summed E-state index contributed by atoms with van der Waals surface area (Å²) in [5.41, 5.74) is 2.55. The molecule has 0 fully saturated rings. The average Bonchev–Trinajstić information content (AvgIpc) is 3.30. The van der Waals surface area contributed by atoms with E-state index in [1.165, 1.54) is 29.5 Å². The summed E-state index contributed by atoms with van der Waals surface area (Å²) in [5, 5.41) is 5.26. The smallest absolute Gasteiger partial charge is 0.271 e. The van der Waals surface area contributed by atoms with Crippen molar-refractivity contribution in [3.63, 3.8) is 0 Å². The highest BCUT2D eigenvalue weighted by Gasteiger charge is 2.16. The van der Waals surface area contributed by atoms with Crippen LogP contribution in [0.3, 0.4) is 0 Å². The molecule has 4 aromatic rings. The van der Waals surface area contributed by atoms with Crippen LogP contribution in [0.4, 0.5) is 8.78 Å². The molecular formula is C25H22F2N4OS. The molecule has 0 atom stereocenters. The third kappa shape index (κ3) is 6.50. The lowest BCUT2D eigenvalue weighted by atomic mass is 10.1. The highest BCUT2D eigenvalue weighted by Crippen LogP contribution is 2.19. The molecule has 2 aromatic heterocycles. The van der Waals surface area contributed by atoms with E-state index in [1.54, 1.807) is 41.9 Å². The zero-order valence-electron chi connectivity index (χ0n) is 17.7. The van der Waals surface area contributed by atoms with Crippen LogP contribution in [-0.4, -0.2) is 20.8 Å². The molecule has 0 unspecified atom stereocenters. The number of halogens is 2. The van der Waals surface area contributed by atoms with Crippen LogP contribution in [0.5, 0.6) is 0 Å². The molecule has 0 aliphatic rings. The Balaban J connectivity index is 1.45. The van der Waals surface area contributed by atoms with Gasteiger partial charge in [0.25, 0.3) is 5.91 Å². The third-order valence-corrected chi connectivity index (χ3v) is 5.80. The lowest BCUT2D eigenvalue weighted by molar-refractivity contribution is 0.0945. The lowest BCUT2D eigenvalue weighted by Gasteiger charge is -2.22. The summed E-state index contributed by atoms with van der Waals surface area (Å²) in [7, 11) is 0. The summed E-state index contributed by atoms with van der Waals surface area (Å²) in [6.07, 6.45) is 1.67. The second-order valence-electron chi connectivity index (χ2n) is 7.49. The van der Waals surface area contributed by atoms with Crippen molar-refractivity contribution in [3.8, 4) is 0 Å². The van der Waals surface area contributed by atoms with Crippen LogP contribution >= 0.6 is 11.3 Å². The molecule has 0 saturated carbocycles. The highest BCUT2D eigenvalue weighted by atomic mass is 32.1. The fourth-order valence-electron chi connectivity index (χ4n) is 3.33. The summed E-state index contributed by atoms with van der Waals surface area (Å²) in [5.74, 6) is -0.863. The Kier molecular flexibility index (Phi) is 7.49. The normalized spacial score (nSPS) is 11.0. The Hall–Kier alpha value is -3.49. The first kappa shape index (κ1) is 22.7. The number of pyridine rings is 1. The number of hydrogen-bond acceptors (Lipinski definition) is 5. The average molecular weight is 465 g/mol. The zero-order valence-corrected chi connectivity index (χ0v) is 18.6. The molecule has 33 heavy (non-hydrogen) atoms. The molecule has 0 saturated heterocycles. The number of aromatic nitrogens is 2. The lowest BCUT2D eigenvalue weighted by Crippen LogP contribution is -2.24. The largest absolute Gasteiger partial charge is 0.345 e. The Bertz CT molecular complexity index is 1200. The van der Waals surface area contributed by atoms with Gasteiger partial charge in [-0.15, -0.1) is 11.3 Å². The second kappa shape index (κ2) is 10.9. The van der Waals surface area contributed by atoms with E-state index in [9.17, 15) is 13.6 Å². The number of thiazole rings is 1. The fourth-order valence-corrected chi connectivity index (χ4v) is 4.14. The van der Waals surface area contributed by atoms with Crippen LogP contribution in [0.25, 0.3) is 0 Å². The zero-order chi connectivity index (χ0) is 23.0. The predicted molar refractivity (Wildman–Crippen MR) is 123 cm³/mol. The number of amides is 1. The van der Waals surface area contributed by atoms with Gasteiger partial charge in [-0.2, -0.15) is 0 Å². The molecule has 0 radical (unpaired) electrons. The van der Waals surface area contributed by atoms with Crippen molar-refractivity contribution < 1.29 is 13.6 Å². The molecule has 4 rings (SSSR count). The molecule has 2 aromatic carbocycles. The van der Waals surface area contributed by atoms with Gasteiger partial charge in [-0.1, -0.05) is 36.4 Å². The highest BCUT2D eigenvalue weighted by molar-refractivity contribution is 7.09. The van der Waals surface area contributed by atoms with Gasteiger partial charge in [0, 0.05) is 30.2 Å². The minimum Gasteiger partial charge on any atom is -0.345 e. The maximum atomic E-state index is 14.3. The van der Waals surface area contributed by atoms with Gasteiger partial charge in [-0.3, -0.25) is 14.7 Å². The number of carbonyl (C=O) groups excluding carboxylic acids is 1. The van der Waals surface area contributed by atoms with E-state index in [-0.39, 0.29) is 17.5 Å². The van der Waals surface area contributed by atoms with Crippen molar-refractivity contribution in [3.05, 3.63) is 117 Å². The van der Waals surface area contributed by atoms with Gasteiger partial charge in [0.2, 0.25) is 0 Å². The maximum Gasteiger partial charge on any atom is 0.271 e. The van der Waals surface area contributed by atoms with Crippen molar-refractivity contribution in [2.45, 2.75) is 26.2 Å². The van der Waals surface area contributed by atoms with Crippen LogP contribution in [0, 0.1) is 11.6 Å². The number of benzene rings is 2. The number of rotatable bonds is 9. The van der Waals surface area contributed by atoms with E-state index >= 15 is 0 Å². The molecule has 0 aliphatic heterocycles. The molecule has 168 valence electrons. The Morgan fingerprint density at radius 3 is 2.48 bits per heavy atom. The van der Waals surface area contributed by atoms with Gasteiger partial charge in [0.15, 0.2) is 0 Å². The van der Waals surface area contributed by atoms with E-state index in [0.717, 1.165) is 16.3 Å². The van der Waals surface area contributed by atoms with Crippen molar-refractivity contribution in [1.29, 1.82) is 0 Å². The van der Waals surface area contributed by atoms with E-state index < -0.39 is 0 Å². The Morgan fingerprint density at radius 1 is 0.939 bits per heavy atom. The maximum absolute atomic E-state index is 14.3. The van der Waals surface area contributed by atoms with Crippen molar-refractivity contribution in [1.82, 2.24) is 20.2 Å². The first-order valence-corrected chi connectivity index (χ1v) is 11.3. The number of hydrogen-bond donors (Lipinski definition) is 1. The first-order chi connectivity index (χ1) is 16.1. The third-order valence-electron chi connectivity index (χ3n) is 4.97. The predicted octanol–water partition coefficient (Wildman–Crippen LogP) is 4.95. The number of nitrogens with zero attached hydrogens (tertiary/aromatic N) is 3. The van der Waals surface area contributed by atoms with E-state index in [0.29, 0.717) is 37.4 Å². The Labute approximate surface area is 194 Å². The summed E-state index contributed by atoms with van der Waals surface area (Å²) in [6, 6.07) is 18.4. The molecule has 0 aliphatic carbocycles. The number of nitrogens with one attached hydrogen (secondary N) is 1. The minimum atomic E-state index is -0.305. The summed E-state index contributed by atoms with van der Waals surface area (Å²) >= 11 is 1.37. The van der Waals surface area contributed by atoms with Crippen LogP contribution in [0.2, 0.25) is 0 Å². The standard InChI is InChI=1S/C25H22F2N4OS/c26-20-10-8-18(9-11-20)14-31(15-19-5-1-2-7-22(19)27)16-24-30-23(17-33-24)25(32)29-13-21-6-3-4-12-28-21/h1-12,17H,13-16H2,(H,29,32). The van der Waals surface area contributed by atoms with E-state index in [2.05, 4.69) is 15.3 Å². The van der Waals surface area contributed by atoms with Crippen molar-refractivity contribution in [2.75, 3.05) is 0 Å². The molecule has 1 N–H and O–H groups in total. The minimum absolute atomic E-state index is 0.276. The fraction of sp³-hybridized carbons (Fsp3) is 0.160. The molecular weight excluding hydrogens is 442 g/mol. The monoisotopic (exact) mass is 464 g/mol. The molecule has 1 amide bonds. The molecule has 0 bridgehead atoms. The summed E-state index contributed by atoms with van der Waals surface area (Å²) in [4.78, 5) is 23.2. The van der Waals surface area contributed by atoms with Gasteiger partial charge >= 0.3 is 0 Å². The molecule has 2 heterocycles. The van der Waals surface area contributed by atoms with E-state index in [4.69, 9.17) is 0 Å². The summed E-state index contributed by atoms with van der Waals surface area (Å²) in [6.45, 7) is 1.57. The van der Waals surface area contributed by atoms with Gasteiger partial charge < -0.3 is 5.32 Å². The van der Waals surface area contributed by atoms with Gasteiger partial charge in [0.05, 0.1) is 18.8 Å². The van der Waals surface area contributed by atoms with Crippen LogP contribution in [-0.2, 0) is 26.2 Å². The van der Waals surface area contributed by atoms with Gasteiger partial charge in [0.1, 0.15) is 22.3 Å². The van der Waals surface area contributed by atoms with Crippen molar-refractivity contribution >= 4 is 17.2 Å². The van der Waals surface area contributed by atoms with Crippen LogP contribution < -0.4 is 5.32 Å². The number of carbonyl (C=O) groups is 1. The summed E-state index contributed by atoms with van der Waals surface area (Å²) < 4.78 is 27.6. The van der Waals surface area contributed by atoms with Crippen molar-refractivity contribution in [2.24, 2.45) is 0 Å². The van der Waals surface area contributed by atoms with E-state index in [1.807, 2.05) is 23.1 Å². The van der Waals surface area contributed by atoms with Crippen LogP contribution in [0.15, 0.2) is 78.3 Å². The second-order valence-corrected chi connectivity index (χ2v) is 8.44. The van der Waals surface area contributed by atoms with Crippen LogP contribution in [0.1, 0.15) is 32.3 Å². The molecule has 8 heteroatoms. The Morgan fingerprint density at radius 2 is 1.73 bits per heavy atom. The first-order valence-electron chi connectivity index (χ1n) is 10.4. The molecule has 0 spiro atoms. The van der Waals surface area contributed by atoms with Gasteiger partial charge in [-0.05, 0) is 35.9 Å². The quantitative estimate of drug-likeness (QED) is 0.381. The SMILES string of the molecule is O=C(NCc1ccccn1)c1csc(CN(Cc2ccc(F)cc2)Cc2ccccc2F)n1. The van der Waals surface area contributed by atoms with Gasteiger partial charge in [-0.25, -0.2) is 13.8 Å². The topological polar surface area (TPSA) is 58.1 Å². The molecule has 5 nitrogen and oxygen atoms in total.